The number of anilines is 1. The monoisotopic (exact) mass is 406 g/mol. The molecule has 2 N–H and O–H groups in total. The first kappa shape index (κ1) is 19.0. The first-order valence-corrected chi connectivity index (χ1v) is 9.34. The Kier molecular flexibility index (Phi) is 6.11. The predicted octanol–water partition coefficient (Wildman–Crippen LogP) is 3.95. The maximum atomic E-state index is 12.3. The van der Waals surface area contributed by atoms with E-state index in [1.54, 1.807) is 6.07 Å². The Morgan fingerprint density at radius 1 is 1.00 bits per heavy atom. The Hall–Kier alpha value is -1.31. The fraction of sp³-hybridized carbons (Fsp3) is 0.133. The molecule has 2 aromatic carbocycles. The lowest BCUT2D eigenvalue weighted by Gasteiger charge is -2.15. The molecule has 2 rings (SSSR count). The van der Waals surface area contributed by atoms with E-state index in [4.69, 9.17) is 34.8 Å². The van der Waals surface area contributed by atoms with Crippen LogP contribution in [0.4, 0.5) is 5.69 Å². The van der Waals surface area contributed by atoms with Gasteiger partial charge in [0.1, 0.15) is 0 Å². The van der Waals surface area contributed by atoms with E-state index in [9.17, 15) is 13.2 Å². The Labute approximate surface area is 155 Å². The van der Waals surface area contributed by atoms with Crippen LogP contribution < -0.4 is 10.0 Å². The van der Waals surface area contributed by atoms with Crippen molar-refractivity contribution in [2.24, 2.45) is 0 Å². The summed E-state index contributed by atoms with van der Waals surface area (Å²) in [7, 11) is -3.86. The molecule has 2 aromatic rings. The number of hydrogen-bond donors (Lipinski definition) is 2. The maximum absolute atomic E-state index is 12.3. The lowest BCUT2D eigenvalue weighted by molar-refractivity contribution is -0.117. The molecule has 9 heteroatoms. The highest BCUT2D eigenvalue weighted by Crippen LogP contribution is 2.25. The summed E-state index contributed by atoms with van der Waals surface area (Å²) in [5, 5.41) is 3.63. The van der Waals surface area contributed by atoms with Gasteiger partial charge in [-0.25, -0.2) is 8.42 Å². The average Bonchev–Trinajstić information content (AvgIpc) is 2.51. The van der Waals surface area contributed by atoms with Gasteiger partial charge in [0.2, 0.25) is 15.9 Å². The molecule has 1 atom stereocenters. The smallest absolute Gasteiger partial charge is 0.242 e. The third-order valence-electron chi connectivity index (χ3n) is 3.04. The van der Waals surface area contributed by atoms with Crippen LogP contribution in [-0.2, 0) is 14.8 Å². The first-order chi connectivity index (χ1) is 11.2. The van der Waals surface area contributed by atoms with E-state index in [0.717, 1.165) is 0 Å². The molecule has 0 unspecified atom stereocenters. The minimum Gasteiger partial charge on any atom is -0.323 e. The molecule has 0 radical (unpaired) electrons. The largest absolute Gasteiger partial charge is 0.323 e. The zero-order valence-electron chi connectivity index (χ0n) is 12.4. The van der Waals surface area contributed by atoms with Crippen molar-refractivity contribution in [3.05, 3.63) is 57.5 Å². The van der Waals surface area contributed by atoms with Gasteiger partial charge in [0.25, 0.3) is 0 Å². The molecule has 0 aliphatic heterocycles. The average molecular weight is 408 g/mol. The number of nitrogens with one attached hydrogen (secondary N) is 2. The topological polar surface area (TPSA) is 75.3 Å². The van der Waals surface area contributed by atoms with Crippen LogP contribution in [0.15, 0.2) is 47.4 Å². The summed E-state index contributed by atoms with van der Waals surface area (Å²) < 4.78 is 26.8. The molecule has 0 saturated heterocycles. The summed E-state index contributed by atoms with van der Waals surface area (Å²) >= 11 is 17.5. The molecule has 24 heavy (non-hydrogen) atoms. The van der Waals surface area contributed by atoms with Gasteiger partial charge < -0.3 is 5.32 Å². The third-order valence-corrected chi connectivity index (χ3v) is 5.41. The summed E-state index contributed by atoms with van der Waals surface area (Å²) in [4.78, 5) is 12.2. The molecule has 0 spiro atoms. The molecule has 0 aliphatic rings. The van der Waals surface area contributed by atoms with E-state index in [1.807, 2.05) is 0 Å². The van der Waals surface area contributed by atoms with Crippen molar-refractivity contribution in [3.63, 3.8) is 0 Å². The quantitative estimate of drug-likeness (QED) is 0.788. The zero-order valence-corrected chi connectivity index (χ0v) is 15.5. The highest BCUT2D eigenvalue weighted by atomic mass is 35.5. The van der Waals surface area contributed by atoms with Crippen molar-refractivity contribution < 1.29 is 13.2 Å². The lowest BCUT2D eigenvalue weighted by Crippen LogP contribution is -2.41. The number of carbonyl (C=O) groups is 1. The van der Waals surface area contributed by atoms with E-state index in [0.29, 0.717) is 20.8 Å². The van der Waals surface area contributed by atoms with Crippen molar-refractivity contribution in [2.75, 3.05) is 5.32 Å². The first-order valence-electron chi connectivity index (χ1n) is 6.73. The van der Waals surface area contributed by atoms with E-state index >= 15 is 0 Å². The van der Waals surface area contributed by atoms with E-state index < -0.39 is 22.0 Å². The highest BCUT2D eigenvalue weighted by molar-refractivity contribution is 7.89. The molecule has 128 valence electrons. The molecular formula is C15H13Cl3N2O3S. The van der Waals surface area contributed by atoms with Crippen LogP contribution >= 0.6 is 34.8 Å². The molecule has 0 bridgehead atoms. The lowest BCUT2D eigenvalue weighted by atomic mass is 10.3. The number of carbonyl (C=O) groups excluding carboxylic acids is 1. The van der Waals surface area contributed by atoms with Crippen molar-refractivity contribution in [1.29, 1.82) is 0 Å². The predicted molar refractivity (Wildman–Crippen MR) is 96.3 cm³/mol. The van der Waals surface area contributed by atoms with Crippen molar-refractivity contribution in [3.8, 4) is 0 Å². The van der Waals surface area contributed by atoms with Crippen LogP contribution in [0.1, 0.15) is 6.92 Å². The summed E-state index contributed by atoms with van der Waals surface area (Å²) in [5.74, 6) is -0.572. The summed E-state index contributed by atoms with van der Waals surface area (Å²) in [6.07, 6.45) is 0. The van der Waals surface area contributed by atoms with Gasteiger partial charge in [0.15, 0.2) is 0 Å². The molecule has 5 nitrogen and oxygen atoms in total. The van der Waals surface area contributed by atoms with Crippen LogP contribution in [0.3, 0.4) is 0 Å². The van der Waals surface area contributed by atoms with Gasteiger partial charge in [-0.2, -0.15) is 4.72 Å². The van der Waals surface area contributed by atoms with E-state index in [-0.39, 0.29) is 4.90 Å². The molecule has 0 saturated carbocycles. The van der Waals surface area contributed by atoms with Crippen LogP contribution in [0.2, 0.25) is 15.1 Å². The number of halogens is 3. The Morgan fingerprint density at radius 3 is 2.21 bits per heavy atom. The fourth-order valence-corrected chi connectivity index (χ4v) is 3.47. The number of benzene rings is 2. The van der Waals surface area contributed by atoms with Crippen molar-refractivity contribution >= 4 is 56.4 Å². The van der Waals surface area contributed by atoms with Crippen LogP contribution in [0, 0.1) is 0 Å². The SMILES string of the molecule is C[C@H](NS(=O)(=O)c1ccc(Cl)cc1)C(=O)Nc1cc(Cl)ccc1Cl. The maximum Gasteiger partial charge on any atom is 0.242 e. The van der Waals surface area contributed by atoms with Gasteiger partial charge in [-0.05, 0) is 49.4 Å². The van der Waals surface area contributed by atoms with E-state index in [1.165, 1.54) is 43.3 Å². The molecule has 0 aliphatic carbocycles. The third kappa shape index (κ3) is 4.84. The number of amides is 1. The van der Waals surface area contributed by atoms with Gasteiger partial charge in [-0.1, -0.05) is 34.8 Å². The minimum absolute atomic E-state index is 0.00679. The Morgan fingerprint density at radius 2 is 1.58 bits per heavy atom. The van der Waals surface area contributed by atoms with Gasteiger partial charge in [0.05, 0.1) is 21.6 Å². The molecule has 0 heterocycles. The second-order valence-corrected chi connectivity index (χ2v) is 7.90. The van der Waals surface area contributed by atoms with Gasteiger partial charge in [0, 0.05) is 10.0 Å². The standard InChI is InChI=1S/C15H13Cl3N2O3S/c1-9(15(21)19-14-8-11(17)4-7-13(14)18)20-24(22,23)12-5-2-10(16)3-6-12/h2-9,20H,1H3,(H,19,21)/t9-/m0/s1. The Bertz CT molecular complexity index is 855. The van der Waals surface area contributed by atoms with Gasteiger partial charge >= 0.3 is 0 Å². The van der Waals surface area contributed by atoms with E-state index in [2.05, 4.69) is 10.0 Å². The summed E-state index contributed by atoms with van der Waals surface area (Å²) in [6, 6.07) is 9.16. The van der Waals surface area contributed by atoms with Gasteiger partial charge in [-0.15, -0.1) is 0 Å². The normalized spacial score (nSPS) is 12.7. The van der Waals surface area contributed by atoms with Gasteiger partial charge in [-0.3, -0.25) is 4.79 Å². The molecule has 1 amide bonds. The summed E-state index contributed by atoms with van der Waals surface area (Å²) in [5.41, 5.74) is 0.298. The molecule has 0 fully saturated rings. The number of rotatable bonds is 5. The van der Waals surface area contributed by atoms with Crippen molar-refractivity contribution in [1.82, 2.24) is 4.72 Å². The van der Waals surface area contributed by atoms with Crippen molar-refractivity contribution in [2.45, 2.75) is 17.9 Å². The Balaban J connectivity index is 2.10. The van der Waals surface area contributed by atoms with Crippen LogP contribution in [0.5, 0.6) is 0 Å². The second kappa shape index (κ2) is 7.72. The zero-order chi connectivity index (χ0) is 17.9. The number of sulfonamides is 1. The van der Waals surface area contributed by atoms with Crippen LogP contribution in [-0.4, -0.2) is 20.4 Å². The highest BCUT2D eigenvalue weighted by Gasteiger charge is 2.22. The second-order valence-electron chi connectivity index (χ2n) is 4.91. The molecular weight excluding hydrogens is 395 g/mol. The minimum atomic E-state index is -3.86. The van der Waals surface area contributed by atoms with Crippen LogP contribution in [0.25, 0.3) is 0 Å². The molecule has 0 aromatic heterocycles. The fourth-order valence-electron chi connectivity index (χ4n) is 1.80. The number of hydrogen-bond acceptors (Lipinski definition) is 3. The summed E-state index contributed by atoms with van der Waals surface area (Å²) in [6.45, 7) is 1.42.